The molecule has 2 aromatic rings. The van der Waals surface area contributed by atoms with Crippen LogP contribution in [0.25, 0.3) is 0 Å². The number of ether oxygens (including phenoxy) is 1. The lowest BCUT2D eigenvalue weighted by Gasteiger charge is -2.09. The Hall–Kier alpha value is -2.05. The van der Waals surface area contributed by atoms with Gasteiger partial charge >= 0.3 is 0 Å². The molecule has 0 aliphatic rings. The number of aryl methyl sites for hydroxylation is 1. The van der Waals surface area contributed by atoms with Crippen molar-refractivity contribution in [2.75, 3.05) is 5.88 Å². The SMILES string of the molecule is Cc1cc(F)ccc1COc1cc(F)cc(C#CCCl)c1. The molecule has 0 N–H and O–H groups in total. The molecule has 2 rings (SSSR count). The van der Waals surface area contributed by atoms with Crippen LogP contribution in [-0.2, 0) is 6.61 Å². The summed E-state index contributed by atoms with van der Waals surface area (Å²) < 4.78 is 32.1. The molecule has 21 heavy (non-hydrogen) atoms. The van der Waals surface area contributed by atoms with Crippen LogP contribution in [0.5, 0.6) is 5.75 Å². The Bertz CT molecular complexity index is 702. The fourth-order valence-electron chi connectivity index (χ4n) is 1.84. The maximum absolute atomic E-state index is 13.5. The predicted octanol–water partition coefficient (Wildman–Crippen LogP) is 4.44. The first kappa shape index (κ1) is 15.3. The van der Waals surface area contributed by atoms with Gasteiger partial charge in [-0.25, -0.2) is 8.78 Å². The molecule has 0 aromatic heterocycles. The molecule has 0 aliphatic carbocycles. The smallest absolute Gasteiger partial charge is 0.128 e. The number of rotatable bonds is 3. The van der Waals surface area contributed by atoms with Crippen molar-refractivity contribution >= 4 is 11.6 Å². The second kappa shape index (κ2) is 7.10. The molecule has 0 aliphatic heterocycles. The average Bonchev–Trinajstić information content (AvgIpc) is 2.43. The Labute approximate surface area is 127 Å². The Balaban J connectivity index is 2.14. The van der Waals surface area contributed by atoms with Gasteiger partial charge in [0.2, 0.25) is 0 Å². The van der Waals surface area contributed by atoms with Crippen molar-refractivity contribution in [3.8, 4) is 17.6 Å². The normalized spacial score (nSPS) is 9.90. The van der Waals surface area contributed by atoms with Gasteiger partial charge in [-0.15, -0.1) is 11.6 Å². The molecule has 0 fully saturated rings. The highest BCUT2D eigenvalue weighted by molar-refractivity contribution is 6.19. The zero-order valence-corrected chi connectivity index (χ0v) is 12.2. The van der Waals surface area contributed by atoms with Crippen LogP contribution in [0.4, 0.5) is 8.78 Å². The maximum atomic E-state index is 13.5. The van der Waals surface area contributed by atoms with Crippen molar-refractivity contribution in [2.45, 2.75) is 13.5 Å². The Morgan fingerprint density at radius 1 is 1.10 bits per heavy atom. The number of benzene rings is 2. The molecule has 1 nitrogen and oxygen atoms in total. The van der Waals surface area contributed by atoms with Gasteiger partial charge in [0.1, 0.15) is 24.0 Å². The molecule has 0 atom stereocenters. The van der Waals surface area contributed by atoms with E-state index >= 15 is 0 Å². The van der Waals surface area contributed by atoms with E-state index in [1.54, 1.807) is 19.1 Å². The maximum Gasteiger partial charge on any atom is 0.128 e. The van der Waals surface area contributed by atoms with Gasteiger partial charge in [0.05, 0.1) is 5.88 Å². The van der Waals surface area contributed by atoms with Gasteiger partial charge in [0, 0.05) is 11.6 Å². The molecular formula is C17H13ClF2O. The van der Waals surface area contributed by atoms with Gasteiger partial charge in [0.15, 0.2) is 0 Å². The van der Waals surface area contributed by atoms with Gasteiger partial charge in [-0.05, 0) is 42.3 Å². The minimum atomic E-state index is -0.429. The summed E-state index contributed by atoms with van der Waals surface area (Å²) in [6, 6.07) is 8.69. The summed E-state index contributed by atoms with van der Waals surface area (Å²) in [6.45, 7) is 2.03. The topological polar surface area (TPSA) is 9.23 Å². The first-order chi connectivity index (χ1) is 10.1. The Kier molecular flexibility index (Phi) is 5.19. The lowest BCUT2D eigenvalue weighted by molar-refractivity contribution is 0.303. The molecular weight excluding hydrogens is 294 g/mol. The van der Waals surface area contributed by atoms with E-state index in [0.717, 1.165) is 11.1 Å². The summed E-state index contributed by atoms with van der Waals surface area (Å²) >= 11 is 5.47. The van der Waals surface area contributed by atoms with Crippen LogP contribution in [0.3, 0.4) is 0 Å². The second-order valence-corrected chi connectivity index (χ2v) is 4.74. The lowest BCUT2D eigenvalue weighted by atomic mass is 10.1. The first-order valence-corrected chi connectivity index (χ1v) is 6.85. The van der Waals surface area contributed by atoms with Crippen LogP contribution in [0, 0.1) is 30.4 Å². The fourth-order valence-corrected chi connectivity index (χ4v) is 1.90. The largest absolute Gasteiger partial charge is 0.489 e. The monoisotopic (exact) mass is 306 g/mol. The quantitative estimate of drug-likeness (QED) is 0.601. The minimum absolute atomic E-state index is 0.182. The van der Waals surface area contributed by atoms with E-state index in [2.05, 4.69) is 11.8 Å². The van der Waals surface area contributed by atoms with E-state index in [1.807, 2.05) is 0 Å². The average molecular weight is 307 g/mol. The molecule has 0 amide bonds. The van der Waals surface area contributed by atoms with Gasteiger partial charge in [-0.3, -0.25) is 0 Å². The van der Waals surface area contributed by atoms with E-state index in [4.69, 9.17) is 16.3 Å². The van der Waals surface area contributed by atoms with Crippen LogP contribution < -0.4 is 4.74 Å². The molecule has 0 spiro atoms. The molecule has 2 aromatic carbocycles. The summed E-state index contributed by atoms with van der Waals surface area (Å²) in [5, 5.41) is 0. The Morgan fingerprint density at radius 3 is 2.62 bits per heavy atom. The van der Waals surface area contributed by atoms with Crippen molar-refractivity contribution in [1.29, 1.82) is 0 Å². The molecule has 0 radical (unpaired) electrons. The molecule has 108 valence electrons. The van der Waals surface area contributed by atoms with Crippen molar-refractivity contribution in [3.05, 3.63) is 64.7 Å². The van der Waals surface area contributed by atoms with Crippen LogP contribution >= 0.6 is 11.6 Å². The van der Waals surface area contributed by atoms with Gasteiger partial charge in [-0.2, -0.15) is 0 Å². The third-order valence-electron chi connectivity index (χ3n) is 2.87. The van der Waals surface area contributed by atoms with Crippen molar-refractivity contribution in [3.63, 3.8) is 0 Å². The summed E-state index contributed by atoms with van der Waals surface area (Å²) in [5.41, 5.74) is 2.13. The predicted molar refractivity (Wildman–Crippen MR) is 79.5 cm³/mol. The fraction of sp³-hybridized carbons (Fsp3) is 0.176. The van der Waals surface area contributed by atoms with Crippen LogP contribution in [-0.4, -0.2) is 5.88 Å². The van der Waals surface area contributed by atoms with E-state index < -0.39 is 5.82 Å². The second-order valence-electron chi connectivity index (χ2n) is 4.47. The summed E-state index contributed by atoms with van der Waals surface area (Å²) in [7, 11) is 0. The van der Waals surface area contributed by atoms with Crippen LogP contribution in [0.1, 0.15) is 16.7 Å². The van der Waals surface area contributed by atoms with E-state index in [1.165, 1.54) is 24.3 Å². The third kappa shape index (κ3) is 4.47. The molecule has 0 bridgehead atoms. The summed E-state index contributed by atoms with van der Waals surface area (Å²) in [6.07, 6.45) is 0. The van der Waals surface area contributed by atoms with Crippen molar-refractivity contribution in [1.82, 2.24) is 0 Å². The summed E-state index contributed by atoms with van der Waals surface area (Å²) in [5.74, 6) is 5.24. The van der Waals surface area contributed by atoms with Crippen LogP contribution in [0.2, 0.25) is 0 Å². The van der Waals surface area contributed by atoms with Crippen molar-refractivity contribution in [2.24, 2.45) is 0 Å². The van der Waals surface area contributed by atoms with E-state index in [9.17, 15) is 8.78 Å². The summed E-state index contributed by atoms with van der Waals surface area (Å²) in [4.78, 5) is 0. The standard InChI is InChI=1S/C17H13ClF2O/c1-12-7-15(19)5-4-14(12)11-21-17-9-13(3-2-6-18)8-16(20)10-17/h4-5,7-10H,6,11H2,1H3. The number of hydrogen-bond acceptors (Lipinski definition) is 1. The number of hydrogen-bond donors (Lipinski definition) is 0. The first-order valence-electron chi connectivity index (χ1n) is 6.32. The van der Waals surface area contributed by atoms with E-state index in [0.29, 0.717) is 11.3 Å². The third-order valence-corrected chi connectivity index (χ3v) is 3.00. The minimum Gasteiger partial charge on any atom is -0.489 e. The molecule has 4 heteroatoms. The number of alkyl halides is 1. The molecule has 0 saturated carbocycles. The highest BCUT2D eigenvalue weighted by Crippen LogP contribution is 2.19. The molecule has 0 unspecified atom stereocenters. The zero-order chi connectivity index (χ0) is 15.2. The highest BCUT2D eigenvalue weighted by Gasteiger charge is 2.04. The zero-order valence-electron chi connectivity index (χ0n) is 11.4. The van der Waals surface area contributed by atoms with Gasteiger partial charge in [0.25, 0.3) is 0 Å². The molecule has 0 heterocycles. The Morgan fingerprint density at radius 2 is 1.90 bits per heavy atom. The highest BCUT2D eigenvalue weighted by atomic mass is 35.5. The lowest BCUT2D eigenvalue weighted by Crippen LogP contribution is -1.99. The van der Waals surface area contributed by atoms with Crippen LogP contribution in [0.15, 0.2) is 36.4 Å². The van der Waals surface area contributed by atoms with Crippen molar-refractivity contribution < 1.29 is 13.5 Å². The molecule has 0 saturated heterocycles. The van der Waals surface area contributed by atoms with E-state index in [-0.39, 0.29) is 18.3 Å². The number of halogens is 3. The van der Waals surface area contributed by atoms with Gasteiger partial charge < -0.3 is 4.74 Å². The van der Waals surface area contributed by atoms with Gasteiger partial charge in [-0.1, -0.05) is 17.9 Å².